The zero-order valence-corrected chi connectivity index (χ0v) is 19.9. The van der Waals surface area contributed by atoms with E-state index in [-0.39, 0.29) is 24.2 Å². The number of carbonyl (C=O) groups excluding carboxylic acids is 2. The summed E-state index contributed by atoms with van der Waals surface area (Å²) in [4.78, 5) is 30.1. The van der Waals surface area contributed by atoms with Gasteiger partial charge in [0.1, 0.15) is 18.4 Å². The van der Waals surface area contributed by atoms with Gasteiger partial charge in [-0.05, 0) is 46.5 Å². The summed E-state index contributed by atoms with van der Waals surface area (Å²) in [6, 6.07) is 26.2. The van der Waals surface area contributed by atoms with Gasteiger partial charge in [-0.2, -0.15) is 0 Å². The Labute approximate surface area is 205 Å². The average Bonchev–Trinajstić information content (AvgIpc) is 2.86. The molecule has 0 aliphatic carbocycles. The number of pyridine rings is 1. The zero-order valence-electron chi connectivity index (χ0n) is 19.9. The van der Waals surface area contributed by atoms with Gasteiger partial charge < -0.3 is 15.4 Å². The molecule has 0 bridgehead atoms. The molecular formula is C29H29N3O3. The van der Waals surface area contributed by atoms with E-state index >= 15 is 0 Å². The van der Waals surface area contributed by atoms with E-state index in [9.17, 15) is 9.59 Å². The molecule has 0 saturated heterocycles. The summed E-state index contributed by atoms with van der Waals surface area (Å²) in [5.74, 6) is 0.0735. The lowest BCUT2D eigenvalue weighted by molar-refractivity contribution is -0.127. The highest BCUT2D eigenvalue weighted by atomic mass is 16.5. The minimum absolute atomic E-state index is 0.0841. The Morgan fingerprint density at radius 2 is 1.69 bits per heavy atom. The number of fused-ring (bicyclic) bond motifs is 1. The molecule has 1 atom stereocenters. The quantitative estimate of drug-likeness (QED) is 0.357. The number of aromatic nitrogens is 1. The van der Waals surface area contributed by atoms with Crippen molar-refractivity contribution in [1.29, 1.82) is 0 Å². The van der Waals surface area contributed by atoms with Crippen molar-refractivity contribution in [1.82, 2.24) is 10.3 Å². The summed E-state index contributed by atoms with van der Waals surface area (Å²) >= 11 is 0. The van der Waals surface area contributed by atoms with E-state index in [1.54, 1.807) is 18.3 Å². The number of amides is 2. The van der Waals surface area contributed by atoms with Crippen LogP contribution in [0, 0.1) is 5.92 Å². The Kier molecular flexibility index (Phi) is 7.73. The fourth-order valence-corrected chi connectivity index (χ4v) is 3.82. The molecule has 0 aliphatic heterocycles. The second-order valence-electron chi connectivity index (χ2n) is 8.77. The molecule has 1 heterocycles. The van der Waals surface area contributed by atoms with Crippen LogP contribution in [-0.2, 0) is 22.6 Å². The number of carbonyl (C=O) groups is 2. The van der Waals surface area contributed by atoms with Crippen LogP contribution in [0.1, 0.15) is 25.1 Å². The van der Waals surface area contributed by atoms with Crippen LogP contribution >= 0.6 is 0 Å². The third-order valence-corrected chi connectivity index (χ3v) is 5.66. The minimum atomic E-state index is -0.666. The van der Waals surface area contributed by atoms with Crippen molar-refractivity contribution in [2.75, 3.05) is 5.32 Å². The van der Waals surface area contributed by atoms with E-state index in [1.165, 1.54) is 0 Å². The topological polar surface area (TPSA) is 80.3 Å². The van der Waals surface area contributed by atoms with Gasteiger partial charge in [0.2, 0.25) is 11.8 Å². The molecular weight excluding hydrogens is 438 g/mol. The summed E-state index contributed by atoms with van der Waals surface area (Å²) in [6.07, 6.45) is 1.92. The molecule has 178 valence electrons. The second kappa shape index (κ2) is 11.3. The lowest BCUT2D eigenvalue weighted by Gasteiger charge is -2.22. The van der Waals surface area contributed by atoms with E-state index in [2.05, 4.69) is 15.6 Å². The van der Waals surface area contributed by atoms with Gasteiger partial charge in [0.15, 0.2) is 0 Å². The van der Waals surface area contributed by atoms with Crippen LogP contribution < -0.4 is 15.4 Å². The molecule has 2 amide bonds. The molecule has 35 heavy (non-hydrogen) atoms. The predicted molar refractivity (Wildman–Crippen MR) is 138 cm³/mol. The average molecular weight is 468 g/mol. The normalized spacial score (nSPS) is 11.7. The molecule has 1 aromatic heterocycles. The number of nitrogens with zero attached hydrogens (tertiary/aromatic N) is 1. The molecule has 6 heteroatoms. The molecule has 0 saturated carbocycles. The number of nitrogens with one attached hydrogen (secondary N) is 2. The Morgan fingerprint density at radius 3 is 2.46 bits per heavy atom. The van der Waals surface area contributed by atoms with Crippen LogP contribution in [0.25, 0.3) is 10.8 Å². The Balaban J connectivity index is 1.36. The lowest BCUT2D eigenvalue weighted by atomic mass is 10.0. The molecule has 0 spiro atoms. The molecule has 6 nitrogen and oxygen atoms in total. The number of anilines is 1. The van der Waals surface area contributed by atoms with E-state index in [0.717, 1.165) is 22.0 Å². The van der Waals surface area contributed by atoms with Gasteiger partial charge in [0.25, 0.3) is 0 Å². The van der Waals surface area contributed by atoms with Crippen molar-refractivity contribution in [3.05, 3.63) is 102 Å². The number of ether oxygens (including phenoxy) is 1. The largest absolute Gasteiger partial charge is 0.487 e. The highest BCUT2D eigenvalue weighted by Crippen LogP contribution is 2.20. The van der Waals surface area contributed by atoms with E-state index in [4.69, 9.17) is 4.74 Å². The number of hydrogen-bond donors (Lipinski definition) is 2. The first-order chi connectivity index (χ1) is 17.0. The van der Waals surface area contributed by atoms with Gasteiger partial charge in [-0.15, -0.1) is 0 Å². The standard InChI is InChI=1S/C29H29N3O3/c1-20(2)28(32-27(33)17-21-13-14-22-8-3-4-9-23(22)16-21)29(34)31-24-11-7-12-26(18-24)35-19-25-10-5-6-15-30-25/h3-16,18,20,28H,17,19H2,1-2H3,(H,31,34)(H,32,33). The zero-order chi connectivity index (χ0) is 24.6. The monoisotopic (exact) mass is 467 g/mol. The first-order valence-corrected chi connectivity index (χ1v) is 11.7. The molecule has 0 aliphatic rings. The van der Waals surface area contributed by atoms with Crippen LogP contribution in [0.4, 0.5) is 5.69 Å². The van der Waals surface area contributed by atoms with Gasteiger partial charge in [-0.1, -0.05) is 68.4 Å². The van der Waals surface area contributed by atoms with Gasteiger partial charge in [0, 0.05) is 18.0 Å². The molecule has 4 aromatic rings. The highest BCUT2D eigenvalue weighted by Gasteiger charge is 2.24. The smallest absolute Gasteiger partial charge is 0.247 e. The van der Waals surface area contributed by atoms with Crippen LogP contribution in [-0.4, -0.2) is 22.8 Å². The first kappa shape index (κ1) is 24.0. The predicted octanol–water partition coefficient (Wildman–Crippen LogP) is 5.14. The number of hydrogen-bond acceptors (Lipinski definition) is 4. The number of benzene rings is 3. The fourth-order valence-electron chi connectivity index (χ4n) is 3.82. The lowest BCUT2D eigenvalue weighted by Crippen LogP contribution is -2.47. The van der Waals surface area contributed by atoms with Gasteiger partial charge in [0.05, 0.1) is 12.1 Å². The van der Waals surface area contributed by atoms with Crippen molar-refractivity contribution in [2.45, 2.75) is 32.9 Å². The summed E-state index contributed by atoms with van der Waals surface area (Å²) in [7, 11) is 0. The second-order valence-corrected chi connectivity index (χ2v) is 8.77. The van der Waals surface area contributed by atoms with Crippen molar-refractivity contribution in [3.8, 4) is 5.75 Å². The third kappa shape index (κ3) is 6.67. The third-order valence-electron chi connectivity index (χ3n) is 5.66. The molecule has 1 unspecified atom stereocenters. The molecule has 2 N–H and O–H groups in total. The van der Waals surface area contributed by atoms with Gasteiger partial charge in [-0.3, -0.25) is 14.6 Å². The molecule has 3 aromatic carbocycles. The van der Waals surface area contributed by atoms with Crippen LogP contribution in [0.15, 0.2) is 91.1 Å². The number of rotatable bonds is 9. The fraction of sp³-hybridized carbons (Fsp3) is 0.207. The summed E-state index contributed by atoms with van der Waals surface area (Å²) in [5.41, 5.74) is 2.32. The maximum Gasteiger partial charge on any atom is 0.247 e. The molecule has 0 radical (unpaired) electrons. The van der Waals surface area contributed by atoms with E-state index in [0.29, 0.717) is 18.0 Å². The van der Waals surface area contributed by atoms with Crippen LogP contribution in [0.5, 0.6) is 5.75 Å². The van der Waals surface area contributed by atoms with Crippen molar-refractivity contribution >= 4 is 28.3 Å². The van der Waals surface area contributed by atoms with Gasteiger partial charge >= 0.3 is 0 Å². The van der Waals surface area contributed by atoms with E-state index < -0.39 is 6.04 Å². The van der Waals surface area contributed by atoms with E-state index in [1.807, 2.05) is 86.6 Å². The SMILES string of the molecule is CC(C)C(NC(=O)Cc1ccc2ccccc2c1)C(=O)Nc1cccc(OCc2ccccn2)c1. The van der Waals surface area contributed by atoms with Gasteiger partial charge in [-0.25, -0.2) is 0 Å². The minimum Gasteiger partial charge on any atom is -0.487 e. The summed E-state index contributed by atoms with van der Waals surface area (Å²) in [6.45, 7) is 4.15. The maximum absolute atomic E-state index is 13.0. The summed E-state index contributed by atoms with van der Waals surface area (Å²) < 4.78 is 5.80. The highest BCUT2D eigenvalue weighted by molar-refractivity contribution is 5.97. The first-order valence-electron chi connectivity index (χ1n) is 11.7. The Morgan fingerprint density at radius 1 is 0.886 bits per heavy atom. The molecule has 0 fully saturated rings. The van der Waals surface area contributed by atoms with Crippen molar-refractivity contribution < 1.29 is 14.3 Å². The summed E-state index contributed by atoms with van der Waals surface area (Å²) in [5, 5.41) is 8.02. The maximum atomic E-state index is 13.0. The molecule has 4 rings (SSSR count). The Bertz CT molecular complexity index is 1300. The van der Waals surface area contributed by atoms with Crippen molar-refractivity contribution in [3.63, 3.8) is 0 Å². The van der Waals surface area contributed by atoms with Crippen molar-refractivity contribution in [2.24, 2.45) is 5.92 Å². The Hall–Kier alpha value is -4.19. The van der Waals surface area contributed by atoms with Crippen LogP contribution in [0.3, 0.4) is 0 Å². The van der Waals surface area contributed by atoms with Crippen LogP contribution in [0.2, 0.25) is 0 Å².